The first-order valence-electron chi connectivity index (χ1n) is 9.78. The number of rotatable bonds is 7. The molecule has 1 saturated carbocycles. The molecule has 0 unspecified atom stereocenters. The van der Waals surface area contributed by atoms with Crippen molar-refractivity contribution in [1.29, 1.82) is 0 Å². The van der Waals surface area contributed by atoms with E-state index in [2.05, 4.69) is 25.7 Å². The lowest BCUT2D eigenvalue weighted by molar-refractivity contribution is 0.0950. The molecule has 4 rings (SSSR count). The van der Waals surface area contributed by atoms with E-state index in [0.717, 1.165) is 24.2 Å². The average molecular weight is 448 g/mol. The molecule has 1 aliphatic rings. The molecule has 30 heavy (non-hydrogen) atoms. The number of amides is 1. The molecule has 1 fully saturated rings. The van der Waals surface area contributed by atoms with Crippen LogP contribution >= 0.6 is 23.1 Å². The number of nitrogens with zero attached hydrogens (tertiary/aromatic N) is 5. The summed E-state index contributed by atoms with van der Waals surface area (Å²) >= 11 is 2.65. The Morgan fingerprint density at radius 2 is 1.93 bits per heavy atom. The molecule has 0 atom stereocenters. The molecule has 2 heterocycles. The van der Waals surface area contributed by atoms with Crippen molar-refractivity contribution in [3.63, 3.8) is 0 Å². The number of thioether (sulfide) groups is 1. The number of carbonyl (C=O) groups is 1. The fraction of sp³-hybridized carbons (Fsp3) is 0.421. The zero-order chi connectivity index (χ0) is 20.9. The fourth-order valence-electron chi connectivity index (χ4n) is 3.42. The van der Waals surface area contributed by atoms with Crippen LogP contribution < -0.4 is 11.2 Å². The van der Waals surface area contributed by atoms with Crippen LogP contribution in [0.25, 0.3) is 0 Å². The van der Waals surface area contributed by atoms with Gasteiger partial charge in [0.2, 0.25) is 10.2 Å². The molecule has 1 aliphatic carbocycles. The number of hydrogen-bond donors (Lipinski definition) is 2. The van der Waals surface area contributed by atoms with Gasteiger partial charge in [0.15, 0.2) is 5.82 Å². The maximum atomic E-state index is 12.9. The van der Waals surface area contributed by atoms with Crippen LogP contribution in [0.5, 0.6) is 0 Å². The molecule has 8 nitrogen and oxygen atoms in total. The third kappa shape index (κ3) is 4.96. The van der Waals surface area contributed by atoms with Gasteiger partial charge in [0.25, 0.3) is 5.91 Å². The van der Waals surface area contributed by atoms with Gasteiger partial charge in [-0.25, -0.2) is 9.07 Å². The Hall–Kier alpha value is -2.53. The Bertz CT molecular complexity index is 999. The summed E-state index contributed by atoms with van der Waals surface area (Å²) in [6.45, 7) is 0.295. The third-order valence-corrected chi connectivity index (χ3v) is 7.07. The highest BCUT2D eigenvalue weighted by molar-refractivity contribution is 7.98. The topological polar surface area (TPSA) is 112 Å². The van der Waals surface area contributed by atoms with Crippen LogP contribution in [0.4, 0.5) is 4.39 Å². The van der Waals surface area contributed by atoms with E-state index in [0.29, 0.717) is 28.4 Å². The van der Waals surface area contributed by atoms with Crippen molar-refractivity contribution < 1.29 is 9.18 Å². The summed E-state index contributed by atoms with van der Waals surface area (Å²) < 4.78 is 14.5. The van der Waals surface area contributed by atoms with Gasteiger partial charge in [-0.3, -0.25) is 4.79 Å². The normalized spacial score (nSPS) is 14.7. The van der Waals surface area contributed by atoms with Crippen LogP contribution in [0.3, 0.4) is 0 Å². The van der Waals surface area contributed by atoms with E-state index in [4.69, 9.17) is 5.84 Å². The lowest BCUT2D eigenvalue weighted by Gasteiger charge is -2.20. The Labute approximate surface area is 181 Å². The molecule has 0 spiro atoms. The first-order valence-corrected chi connectivity index (χ1v) is 11.6. The molecule has 1 amide bonds. The summed E-state index contributed by atoms with van der Waals surface area (Å²) in [5.41, 5.74) is 0.807. The van der Waals surface area contributed by atoms with Gasteiger partial charge in [-0.2, -0.15) is 0 Å². The molecule has 0 saturated heterocycles. The van der Waals surface area contributed by atoms with Crippen LogP contribution in [-0.2, 0) is 12.3 Å². The molecule has 0 radical (unpaired) electrons. The van der Waals surface area contributed by atoms with Gasteiger partial charge >= 0.3 is 0 Å². The maximum absolute atomic E-state index is 12.9. The molecule has 0 aliphatic heterocycles. The fourth-order valence-corrected chi connectivity index (χ4v) is 5.02. The standard InChI is InChI=1S/C19H22FN7OS2/c20-14-8-6-12(7-9-14)10-22-17(28)18-25-23-15(30-18)11-29-19-26-24-16(27(19)21)13-4-2-1-3-5-13/h6-9,13H,1-5,10-11,21H2,(H,22,28). The monoisotopic (exact) mass is 447 g/mol. The zero-order valence-electron chi connectivity index (χ0n) is 16.3. The number of halogens is 1. The largest absolute Gasteiger partial charge is 0.346 e. The number of nitrogen functional groups attached to an aromatic ring is 1. The Morgan fingerprint density at radius 1 is 1.17 bits per heavy atom. The molecule has 11 heteroatoms. The zero-order valence-corrected chi connectivity index (χ0v) is 17.9. The minimum atomic E-state index is -0.311. The quantitative estimate of drug-likeness (QED) is 0.422. The van der Waals surface area contributed by atoms with E-state index in [9.17, 15) is 9.18 Å². The van der Waals surface area contributed by atoms with Crippen molar-refractivity contribution in [2.24, 2.45) is 0 Å². The van der Waals surface area contributed by atoms with Crippen molar-refractivity contribution >= 4 is 29.0 Å². The van der Waals surface area contributed by atoms with Crippen molar-refractivity contribution in [1.82, 2.24) is 30.4 Å². The number of benzene rings is 1. The van der Waals surface area contributed by atoms with Gasteiger partial charge in [0.1, 0.15) is 10.8 Å². The number of aromatic nitrogens is 5. The number of carbonyl (C=O) groups excluding carboxylic acids is 1. The Morgan fingerprint density at radius 3 is 2.70 bits per heavy atom. The van der Waals surface area contributed by atoms with Gasteiger partial charge in [0, 0.05) is 12.5 Å². The number of nitrogens with two attached hydrogens (primary N) is 1. The minimum absolute atomic E-state index is 0.282. The molecule has 2 aromatic heterocycles. The third-order valence-electron chi connectivity index (χ3n) is 5.01. The number of nitrogens with one attached hydrogen (secondary N) is 1. The van der Waals surface area contributed by atoms with Gasteiger partial charge in [-0.1, -0.05) is 54.5 Å². The average Bonchev–Trinajstić information content (AvgIpc) is 3.39. The van der Waals surface area contributed by atoms with Crippen molar-refractivity contribution in [2.45, 2.75) is 55.5 Å². The van der Waals surface area contributed by atoms with Gasteiger partial charge in [0.05, 0.1) is 5.75 Å². The summed E-state index contributed by atoms with van der Waals surface area (Å²) in [6, 6.07) is 5.97. The van der Waals surface area contributed by atoms with Gasteiger partial charge in [-0.05, 0) is 30.5 Å². The molecular formula is C19H22FN7OS2. The lowest BCUT2D eigenvalue weighted by atomic mass is 9.89. The second kappa shape index (κ2) is 9.52. The SMILES string of the molecule is Nn1c(SCc2nnc(C(=O)NCc3ccc(F)cc3)s2)nnc1C1CCCCC1. The van der Waals surface area contributed by atoms with E-state index in [1.165, 1.54) is 54.5 Å². The van der Waals surface area contributed by atoms with Crippen LogP contribution in [-0.4, -0.2) is 31.0 Å². The Balaban J connectivity index is 1.30. The summed E-state index contributed by atoms with van der Waals surface area (Å²) in [5.74, 6) is 7.31. The summed E-state index contributed by atoms with van der Waals surface area (Å²) in [7, 11) is 0. The summed E-state index contributed by atoms with van der Waals surface area (Å²) in [6.07, 6.45) is 5.89. The van der Waals surface area contributed by atoms with E-state index >= 15 is 0 Å². The first-order chi connectivity index (χ1) is 14.6. The summed E-state index contributed by atoms with van der Waals surface area (Å²) in [5, 5.41) is 20.9. The Kier molecular flexibility index (Phi) is 6.58. The molecule has 0 bridgehead atoms. The summed E-state index contributed by atoms with van der Waals surface area (Å²) in [4.78, 5) is 12.3. The maximum Gasteiger partial charge on any atom is 0.282 e. The van der Waals surface area contributed by atoms with Crippen molar-refractivity contribution in [2.75, 3.05) is 5.84 Å². The van der Waals surface area contributed by atoms with E-state index in [1.807, 2.05) is 0 Å². The highest BCUT2D eigenvalue weighted by Gasteiger charge is 2.23. The molecule has 3 N–H and O–H groups in total. The second-order valence-electron chi connectivity index (χ2n) is 7.14. The van der Waals surface area contributed by atoms with Crippen LogP contribution in [0.2, 0.25) is 0 Å². The first kappa shape index (κ1) is 20.7. The predicted octanol–water partition coefficient (Wildman–Crippen LogP) is 3.25. The van der Waals surface area contributed by atoms with E-state index < -0.39 is 0 Å². The lowest BCUT2D eigenvalue weighted by Crippen LogP contribution is -2.22. The minimum Gasteiger partial charge on any atom is -0.346 e. The highest BCUT2D eigenvalue weighted by atomic mass is 32.2. The van der Waals surface area contributed by atoms with E-state index in [-0.39, 0.29) is 16.7 Å². The smallest absolute Gasteiger partial charge is 0.282 e. The van der Waals surface area contributed by atoms with Crippen LogP contribution in [0.1, 0.15) is 64.2 Å². The highest BCUT2D eigenvalue weighted by Crippen LogP contribution is 2.32. The predicted molar refractivity (Wildman–Crippen MR) is 113 cm³/mol. The van der Waals surface area contributed by atoms with Gasteiger partial charge in [-0.15, -0.1) is 20.4 Å². The molecule has 158 valence electrons. The van der Waals surface area contributed by atoms with Crippen LogP contribution in [0, 0.1) is 5.82 Å². The van der Waals surface area contributed by atoms with E-state index in [1.54, 1.807) is 16.8 Å². The number of hydrogen-bond acceptors (Lipinski definition) is 8. The van der Waals surface area contributed by atoms with Crippen molar-refractivity contribution in [3.8, 4) is 0 Å². The second-order valence-corrected chi connectivity index (χ2v) is 9.15. The van der Waals surface area contributed by atoms with Gasteiger partial charge < -0.3 is 11.2 Å². The molecule has 1 aromatic carbocycles. The molecular weight excluding hydrogens is 425 g/mol. The molecule has 3 aromatic rings. The van der Waals surface area contributed by atoms with Crippen molar-refractivity contribution in [3.05, 3.63) is 51.5 Å². The van der Waals surface area contributed by atoms with Crippen LogP contribution in [0.15, 0.2) is 29.4 Å².